The standard InChI is InChI=1S/C20H27BrN4O/c1-4-14-6-8-15(9-7-14)16-10-17(13-24(3)12-16)23-18-11-22-25(5-2)20(26)19(18)21/h6-9,11,16-17,23H,4-5,10,12-13H2,1-3H3. The molecule has 2 aromatic rings. The molecule has 1 aromatic carbocycles. The van der Waals surface area contributed by atoms with E-state index in [0.29, 0.717) is 16.9 Å². The summed E-state index contributed by atoms with van der Waals surface area (Å²) in [7, 11) is 2.16. The Labute approximate surface area is 163 Å². The third-order valence-corrected chi connectivity index (χ3v) is 5.90. The molecule has 0 bridgehead atoms. The Kier molecular flexibility index (Phi) is 6.14. The fraction of sp³-hybridized carbons (Fsp3) is 0.500. The minimum Gasteiger partial charge on any atom is -0.379 e. The molecule has 1 aromatic heterocycles. The molecule has 0 amide bonds. The molecule has 2 atom stereocenters. The van der Waals surface area contributed by atoms with Crippen LogP contribution in [0.25, 0.3) is 0 Å². The second-order valence-electron chi connectivity index (χ2n) is 7.08. The smallest absolute Gasteiger partial charge is 0.283 e. The first-order valence-electron chi connectivity index (χ1n) is 9.31. The van der Waals surface area contributed by atoms with Gasteiger partial charge < -0.3 is 10.2 Å². The quantitative estimate of drug-likeness (QED) is 0.806. The molecular formula is C20H27BrN4O. The van der Waals surface area contributed by atoms with Crippen LogP contribution < -0.4 is 10.9 Å². The Hall–Kier alpha value is -1.66. The van der Waals surface area contributed by atoms with Crippen molar-refractivity contribution >= 4 is 21.6 Å². The average molecular weight is 419 g/mol. The average Bonchev–Trinajstić information content (AvgIpc) is 2.65. The molecule has 6 heteroatoms. The summed E-state index contributed by atoms with van der Waals surface area (Å²) >= 11 is 3.44. The first kappa shape index (κ1) is 19.1. The van der Waals surface area contributed by atoms with Gasteiger partial charge in [0.15, 0.2) is 0 Å². The van der Waals surface area contributed by atoms with E-state index in [9.17, 15) is 4.79 Å². The van der Waals surface area contributed by atoms with E-state index in [4.69, 9.17) is 0 Å². The Balaban J connectivity index is 1.76. The predicted octanol–water partition coefficient (Wildman–Crippen LogP) is 3.49. The minimum atomic E-state index is -0.0895. The van der Waals surface area contributed by atoms with E-state index in [2.05, 4.69) is 69.5 Å². The maximum absolute atomic E-state index is 12.3. The molecule has 3 rings (SSSR count). The first-order chi connectivity index (χ1) is 12.5. The first-order valence-corrected chi connectivity index (χ1v) is 10.1. The van der Waals surface area contributed by atoms with E-state index in [-0.39, 0.29) is 11.6 Å². The van der Waals surface area contributed by atoms with Gasteiger partial charge >= 0.3 is 0 Å². The fourth-order valence-corrected chi connectivity index (χ4v) is 4.12. The van der Waals surface area contributed by atoms with Crippen LogP contribution in [0.5, 0.6) is 0 Å². The lowest BCUT2D eigenvalue weighted by atomic mass is 9.87. The second-order valence-corrected chi connectivity index (χ2v) is 7.88. The largest absolute Gasteiger partial charge is 0.379 e. The number of aryl methyl sites for hydroxylation is 2. The number of likely N-dealkylation sites (N-methyl/N-ethyl adjacent to an activating group) is 1. The number of anilines is 1. The van der Waals surface area contributed by atoms with Crippen molar-refractivity contribution in [3.63, 3.8) is 0 Å². The van der Waals surface area contributed by atoms with E-state index in [1.807, 2.05) is 6.92 Å². The number of benzene rings is 1. The van der Waals surface area contributed by atoms with Crippen LogP contribution in [-0.4, -0.2) is 40.9 Å². The summed E-state index contributed by atoms with van der Waals surface area (Å²) in [6.45, 7) is 6.67. The Morgan fingerprint density at radius 2 is 1.96 bits per heavy atom. The van der Waals surface area contributed by atoms with Gasteiger partial charge in [0.25, 0.3) is 5.56 Å². The normalized spacial score (nSPS) is 20.9. The third-order valence-electron chi connectivity index (χ3n) is 5.14. The van der Waals surface area contributed by atoms with Gasteiger partial charge in [-0.15, -0.1) is 0 Å². The maximum Gasteiger partial charge on any atom is 0.283 e. The molecule has 1 aliphatic rings. The van der Waals surface area contributed by atoms with Gasteiger partial charge in [-0.1, -0.05) is 31.2 Å². The summed E-state index contributed by atoms with van der Waals surface area (Å²) in [6.07, 6.45) is 3.85. The summed E-state index contributed by atoms with van der Waals surface area (Å²) in [5.41, 5.74) is 3.45. The SMILES string of the molecule is CCc1ccc(C2CC(Nc3cnn(CC)c(=O)c3Br)CN(C)C2)cc1. The lowest BCUT2D eigenvalue weighted by molar-refractivity contribution is 0.235. The predicted molar refractivity (Wildman–Crippen MR) is 110 cm³/mol. The highest BCUT2D eigenvalue weighted by Gasteiger charge is 2.27. The molecule has 140 valence electrons. The van der Waals surface area contributed by atoms with Crippen molar-refractivity contribution in [3.8, 4) is 0 Å². The number of hydrogen-bond donors (Lipinski definition) is 1. The number of aromatic nitrogens is 2. The van der Waals surface area contributed by atoms with Crippen molar-refractivity contribution in [3.05, 3.63) is 56.4 Å². The number of nitrogens with one attached hydrogen (secondary N) is 1. The molecule has 26 heavy (non-hydrogen) atoms. The molecular weight excluding hydrogens is 392 g/mol. The zero-order chi connectivity index (χ0) is 18.7. The molecule has 0 spiro atoms. The van der Waals surface area contributed by atoms with Gasteiger partial charge in [0.2, 0.25) is 0 Å². The van der Waals surface area contributed by atoms with Crippen LogP contribution in [0.3, 0.4) is 0 Å². The molecule has 1 aliphatic heterocycles. The second kappa shape index (κ2) is 8.35. The fourth-order valence-electron chi connectivity index (χ4n) is 3.70. The molecule has 1 N–H and O–H groups in total. The molecule has 2 heterocycles. The van der Waals surface area contributed by atoms with Crippen LogP contribution in [0.2, 0.25) is 0 Å². The summed E-state index contributed by atoms with van der Waals surface area (Å²) in [5.74, 6) is 0.486. The minimum absolute atomic E-state index is 0.0895. The lowest BCUT2D eigenvalue weighted by Gasteiger charge is -2.37. The highest BCUT2D eigenvalue weighted by atomic mass is 79.9. The number of nitrogens with zero attached hydrogens (tertiary/aromatic N) is 3. The van der Waals surface area contributed by atoms with Crippen molar-refractivity contribution in [1.82, 2.24) is 14.7 Å². The number of piperidine rings is 1. The molecule has 5 nitrogen and oxygen atoms in total. The van der Waals surface area contributed by atoms with Crippen LogP contribution in [0.4, 0.5) is 5.69 Å². The van der Waals surface area contributed by atoms with Gasteiger partial charge in [-0.05, 0) is 59.8 Å². The molecule has 1 fully saturated rings. The van der Waals surface area contributed by atoms with Crippen LogP contribution in [0.1, 0.15) is 37.3 Å². The Bertz CT molecular complexity index is 802. The lowest BCUT2D eigenvalue weighted by Crippen LogP contribution is -2.43. The van der Waals surface area contributed by atoms with Crippen LogP contribution in [0.15, 0.2) is 39.7 Å². The third kappa shape index (κ3) is 4.18. The number of halogens is 1. The zero-order valence-corrected chi connectivity index (χ0v) is 17.3. The van der Waals surface area contributed by atoms with Crippen LogP contribution in [-0.2, 0) is 13.0 Å². The van der Waals surface area contributed by atoms with Gasteiger partial charge in [-0.25, -0.2) is 4.68 Å². The molecule has 1 saturated heterocycles. The van der Waals surface area contributed by atoms with E-state index >= 15 is 0 Å². The number of hydrogen-bond acceptors (Lipinski definition) is 4. The van der Waals surface area contributed by atoms with Gasteiger partial charge in [0.05, 0.1) is 11.9 Å². The van der Waals surface area contributed by atoms with E-state index in [1.165, 1.54) is 15.8 Å². The van der Waals surface area contributed by atoms with Gasteiger partial charge in [0, 0.05) is 25.7 Å². The van der Waals surface area contributed by atoms with E-state index in [1.54, 1.807) is 6.20 Å². The van der Waals surface area contributed by atoms with E-state index in [0.717, 1.165) is 31.6 Å². The topological polar surface area (TPSA) is 50.2 Å². The van der Waals surface area contributed by atoms with Crippen molar-refractivity contribution < 1.29 is 0 Å². The maximum atomic E-state index is 12.3. The van der Waals surface area contributed by atoms with Crippen molar-refractivity contribution in [1.29, 1.82) is 0 Å². The summed E-state index contributed by atoms with van der Waals surface area (Å²) in [6, 6.07) is 9.27. The van der Waals surface area contributed by atoms with Crippen molar-refractivity contribution in [2.75, 3.05) is 25.5 Å². The highest BCUT2D eigenvalue weighted by molar-refractivity contribution is 9.10. The van der Waals surface area contributed by atoms with Gasteiger partial charge in [-0.3, -0.25) is 4.79 Å². The van der Waals surface area contributed by atoms with Crippen LogP contribution in [0, 0.1) is 0 Å². The Morgan fingerprint density at radius 1 is 1.23 bits per heavy atom. The number of rotatable bonds is 5. The van der Waals surface area contributed by atoms with Gasteiger partial charge in [0.1, 0.15) is 4.47 Å². The summed E-state index contributed by atoms with van der Waals surface area (Å²) in [4.78, 5) is 14.6. The summed E-state index contributed by atoms with van der Waals surface area (Å²) < 4.78 is 2.02. The van der Waals surface area contributed by atoms with Gasteiger partial charge in [-0.2, -0.15) is 5.10 Å². The van der Waals surface area contributed by atoms with E-state index < -0.39 is 0 Å². The molecule has 0 aliphatic carbocycles. The highest BCUT2D eigenvalue weighted by Crippen LogP contribution is 2.29. The zero-order valence-electron chi connectivity index (χ0n) is 15.7. The molecule has 0 radical (unpaired) electrons. The van der Waals surface area contributed by atoms with Crippen molar-refractivity contribution in [2.24, 2.45) is 0 Å². The summed E-state index contributed by atoms with van der Waals surface area (Å²) in [5, 5.41) is 7.77. The van der Waals surface area contributed by atoms with Crippen molar-refractivity contribution in [2.45, 2.75) is 45.2 Å². The Morgan fingerprint density at radius 3 is 2.62 bits per heavy atom. The molecule has 0 saturated carbocycles. The monoisotopic (exact) mass is 418 g/mol. The van der Waals surface area contributed by atoms with Crippen LogP contribution >= 0.6 is 15.9 Å². The number of likely N-dealkylation sites (tertiary alicyclic amines) is 1. The molecule has 2 unspecified atom stereocenters.